The molecule has 0 saturated heterocycles. The van der Waals surface area contributed by atoms with E-state index in [0.29, 0.717) is 24.9 Å². The van der Waals surface area contributed by atoms with Crippen LogP contribution in [0.5, 0.6) is 0 Å². The van der Waals surface area contributed by atoms with Crippen molar-refractivity contribution in [2.45, 2.75) is 6.42 Å². The van der Waals surface area contributed by atoms with Crippen LogP contribution in [-0.2, 0) is 4.79 Å². The molecule has 0 fully saturated rings. The van der Waals surface area contributed by atoms with Gasteiger partial charge < -0.3 is 10.2 Å². The largest absolute Gasteiger partial charge is 0.354 e. The standard InChI is InChI=1S/C11H14ClN7O/c1-18(2)8(20)3-4-14-10-15-9(12)16-11(17-10)19-6-5-13-7-19/h5-7H,3-4H2,1-2H3,(H,14,15,16,17). The van der Waals surface area contributed by atoms with Gasteiger partial charge in [0.25, 0.3) is 0 Å². The number of carbonyl (C=O) groups is 1. The van der Waals surface area contributed by atoms with Gasteiger partial charge in [0.05, 0.1) is 0 Å². The van der Waals surface area contributed by atoms with Crippen molar-refractivity contribution in [3.05, 3.63) is 24.0 Å². The van der Waals surface area contributed by atoms with E-state index in [1.165, 1.54) is 4.90 Å². The first-order valence-electron chi connectivity index (χ1n) is 5.90. The maximum absolute atomic E-state index is 11.4. The molecule has 0 unspecified atom stereocenters. The van der Waals surface area contributed by atoms with E-state index in [1.54, 1.807) is 37.4 Å². The smallest absolute Gasteiger partial charge is 0.241 e. The fraction of sp³-hybridized carbons (Fsp3) is 0.364. The Kier molecular flexibility index (Phi) is 4.46. The lowest BCUT2D eigenvalue weighted by atomic mass is 10.4. The molecule has 1 amide bonds. The highest BCUT2D eigenvalue weighted by molar-refractivity contribution is 6.28. The summed E-state index contributed by atoms with van der Waals surface area (Å²) in [7, 11) is 3.42. The molecule has 2 heterocycles. The van der Waals surface area contributed by atoms with Gasteiger partial charge in [0, 0.05) is 39.5 Å². The molecule has 0 aliphatic rings. The maximum Gasteiger partial charge on any atom is 0.241 e. The van der Waals surface area contributed by atoms with Gasteiger partial charge in [0.1, 0.15) is 6.33 Å². The molecular formula is C11H14ClN7O. The third-order valence-corrected chi connectivity index (χ3v) is 2.62. The molecule has 2 aromatic rings. The van der Waals surface area contributed by atoms with E-state index in [1.807, 2.05) is 0 Å². The zero-order valence-electron chi connectivity index (χ0n) is 11.1. The van der Waals surface area contributed by atoms with Gasteiger partial charge in [-0.2, -0.15) is 15.0 Å². The molecule has 106 valence electrons. The Balaban J connectivity index is 2.04. The highest BCUT2D eigenvalue weighted by Gasteiger charge is 2.08. The molecule has 2 aromatic heterocycles. The number of nitrogens with one attached hydrogen (secondary N) is 1. The topological polar surface area (TPSA) is 88.8 Å². The summed E-state index contributed by atoms with van der Waals surface area (Å²) < 4.78 is 1.61. The molecule has 0 atom stereocenters. The molecule has 1 N–H and O–H groups in total. The zero-order chi connectivity index (χ0) is 14.5. The molecule has 9 heteroatoms. The van der Waals surface area contributed by atoms with Crippen molar-refractivity contribution in [1.82, 2.24) is 29.4 Å². The first-order valence-corrected chi connectivity index (χ1v) is 6.28. The number of rotatable bonds is 5. The van der Waals surface area contributed by atoms with Gasteiger partial charge in [0.15, 0.2) is 0 Å². The summed E-state index contributed by atoms with van der Waals surface area (Å²) in [6.45, 7) is 0.417. The van der Waals surface area contributed by atoms with Gasteiger partial charge >= 0.3 is 0 Å². The highest BCUT2D eigenvalue weighted by Crippen LogP contribution is 2.09. The van der Waals surface area contributed by atoms with E-state index in [4.69, 9.17) is 11.6 Å². The number of hydrogen-bond acceptors (Lipinski definition) is 6. The van der Waals surface area contributed by atoms with Crippen LogP contribution in [0.15, 0.2) is 18.7 Å². The number of amides is 1. The Morgan fingerprint density at radius 2 is 2.20 bits per heavy atom. The molecule has 0 aliphatic carbocycles. The summed E-state index contributed by atoms with van der Waals surface area (Å²) in [4.78, 5) is 29.0. The Hall–Kier alpha value is -2.22. The molecule has 0 aliphatic heterocycles. The van der Waals surface area contributed by atoms with Crippen molar-refractivity contribution in [3.8, 4) is 5.95 Å². The lowest BCUT2D eigenvalue weighted by molar-refractivity contribution is -0.128. The van der Waals surface area contributed by atoms with Crippen molar-refractivity contribution < 1.29 is 4.79 Å². The first kappa shape index (κ1) is 14.2. The fourth-order valence-electron chi connectivity index (χ4n) is 1.42. The SMILES string of the molecule is CN(C)C(=O)CCNc1nc(Cl)nc(-n2ccnc2)n1. The van der Waals surface area contributed by atoms with E-state index in [-0.39, 0.29) is 11.2 Å². The van der Waals surface area contributed by atoms with E-state index in [2.05, 4.69) is 25.3 Å². The van der Waals surface area contributed by atoms with Crippen LogP contribution in [0.3, 0.4) is 0 Å². The molecule has 0 bridgehead atoms. The molecule has 0 radical (unpaired) electrons. The number of hydrogen-bond donors (Lipinski definition) is 1. The Labute approximate surface area is 120 Å². The van der Waals surface area contributed by atoms with Crippen molar-refractivity contribution in [3.63, 3.8) is 0 Å². The number of nitrogens with zero attached hydrogens (tertiary/aromatic N) is 6. The molecule has 20 heavy (non-hydrogen) atoms. The van der Waals surface area contributed by atoms with Crippen LogP contribution in [0.4, 0.5) is 5.95 Å². The van der Waals surface area contributed by atoms with Crippen LogP contribution in [0, 0.1) is 0 Å². The molecule has 8 nitrogen and oxygen atoms in total. The Morgan fingerprint density at radius 3 is 2.85 bits per heavy atom. The molecule has 0 spiro atoms. The maximum atomic E-state index is 11.4. The van der Waals surface area contributed by atoms with Crippen molar-refractivity contribution in [1.29, 1.82) is 0 Å². The average molecular weight is 296 g/mol. The monoisotopic (exact) mass is 295 g/mol. The zero-order valence-corrected chi connectivity index (χ0v) is 11.9. The molecule has 2 rings (SSSR count). The lowest BCUT2D eigenvalue weighted by Gasteiger charge is -2.10. The van der Waals surface area contributed by atoms with E-state index in [9.17, 15) is 4.79 Å². The molecular weight excluding hydrogens is 282 g/mol. The molecule has 0 saturated carbocycles. The second kappa shape index (κ2) is 6.29. The Morgan fingerprint density at radius 1 is 1.40 bits per heavy atom. The average Bonchev–Trinajstić information content (AvgIpc) is 2.91. The predicted octanol–water partition coefficient (Wildman–Crippen LogP) is 0.601. The summed E-state index contributed by atoms with van der Waals surface area (Å²) in [5.74, 6) is 0.705. The number of carbonyl (C=O) groups excluding carboxylic acids is 1. The normalized spacial score (nSPS) is 10.3. The van der Waals surface area contributed by atoms with Crippen LogP contribution in [0.25, 0.3) is 5.95 Å². The summed E-state index contributed by atoms with van der Waals surface area (Å²) in [5.41, 5.74) is 0. The molecule has 0 aromatic carbocycles. The van der Waals surface area contributed by atoms with Gasteiger partial charge in [0.2, 0.25) is 23.1 Å². The third kappa shape index (κ3) is 3.64. The predicted molar refractivity (Wildman–Crippen MR) is 73.8 cm³/mol. The number of anilines is 1. The van der Waals surface area contributed by atoms with Gasteiger partial charge in [-0.25, -0.2) is 4.98 Å². The van der Waals surface area contributed by atoms with Crippen molar-refractivity contribution >= 4 is 23.5 Å². The highest BCUT2D eigenvalue weighted by atomic mass is 35.5. The summed E-state index contributed by atoms with van der Waals surface area (Å²) in [6.07, 6.45) is 5.22. The number of imidazole rings is 1. The summed E-state index contributed by atoms with van der Waals surface area (Å²) >= 11 is 5.85. The van der Waals surface area contributed by atoms with Crippen molar-refractivity contribution in [2.75, 3.05) is 26.0 Å². The number of aromatic nitrogens is 5. The van der Waals surface area contributed by atoms with Gasteiger partial charge in [-0.3, -0.25) is 9.36 Å². The van der Waals surface area contributed by atoms with Gasteiger partial charge in [-0.15, -0.1) is 0 Å². The number of halogens is 1. The second-order valence-corrected chi connectivity index (χ2v) is 4.50. The van der Waals surface area contributed by atoms with Crippen LogP contribution in [0.2, 0.25) is 5.28 Å². The second-order valence-electron chi connectivity index (χ2n) is 4.16. The van der Waals surface area contributed by atoms with E-state index < -0.39 is 0 Å². The van der Waals surface area contributed by atoms with Crippen LogP contribution >= 0.6 is 11.6 Å². The van der Waals surface area contributed by atoms with Crippen molar-refractivity contribution in [2.24, 2.45) is 0 Å². The van der Waals surface area contributed by atoms with Gasteiger partial charge in [-0.1, -0.05) is 0 Å². The van der Waals surface area contributed by atoms with Crippen LogP contribution in [-0.4, -0.2) is 56.0 Å². The Bertz CT molecular complexity index is 584. The van der Waals surface area contributed by atoms with Crippen LogP contribution in [0.1, 0.15) is 6.42 Å². The summed E-state index contributed by atoms with van der Waals surface area (Å²) in [5, 5.41) is 3.02. The van der Waals surface area contributed by atoms with Gasteiger partial charge in [-0.05, 0) is 11.6 Å². The minimum absolute atomic E-state index is 0.0208. The fourth-order valence-corrected chi connectivity index (χ4v) is 1.57. The minimum atomic E-state index is 0.0208. The minimum Gasteiger partial charge on any atom is -0.354 e. The van der Waals surface area contributed by atoms with E-state index in [0.717, 1.165) is 0 Å². The first-order chi connectivity index (χ1) is 9.56. The lowest BCUT2D eigenvalue weighted by Crippen LogP contribution is -2.24. The van der Waals surface area contributed by atoms with Crippen LogP contribution < -0.4 is 5.32 Å². The third-order valence-electron chi connectivity index (χ3n) is 2.45. The van der Waals surface area contributed by atoms with E-state index >= 15 is 0 Å². The quantitative estimate of drug-likeness (QED) is 0.869. The summed E-state index contributed by atoms with van der Waals surface area (Å²) in [6, 6.07) is 0.